The van der Waals surface area contributed by atoms with Crippen molar-refractivity contribution in [2.45, 2.75) is 38.6 Å². The minimum atomic E-state index is -1.21. The molecule has 0 aromatic heterocycles. The fourth-order valence-corrected chi connectivity index (χ4v) is 3.57. The zero-order valence-electron chi connectivity index (χ0n) is 15.3. The maximum Gasteiger partial charge on any atom is 0.312 e. The third-order valence-electron chi connectivity index (χ3n) is 4.83. The second-order valence-electron chi connectivity index (χ2n) is 6.98. The molecule has 0 fully saturated rings. The summed E-state index contributed by atoms with van der Waals surface area (Å²) in [7, 11) is 0. The molecule has 2 aromatic carbocycles. The number of benzene rings is 2. The van der Waals surface area contributed by atoms with E-state index in [0.717, 1.165) is 5.56 Å². The molecule has 2 atom stereocenters. The topological polar surface area (TPSA) is 83.5 Å². The Morgan fingerprint density at radius 3 is 2.48 bits per heavy atom. The van der Waals surface area contributed by atoms with E-state index in [9.17, 15) is 19.4 Å². The monoisotopic (exact) mass is 393 g/mol. The van der Waals surface area contributed by atoms with Crippen LogP contribution in [0.15, 0.2) is 42.5 Å². The van der Waals surface area contributed by atoms with Crippen molar-refractivity contribution >= 4 is 17.6 Å². The number of carboxylic acids is 1. The molecule has 4 N–H and O–H groups in total. The van der Waals surface area contributed by atoms with Gasteiger partial charge in [-0.25, -0.2) is 4.39 Å². The highest BCUT2D eigenvalue weighted by atomic mass is 35.5. The second-order valence-corrected chi connectivity index (χ2v) is 7.42. The molecule has 0 radical (unpaired) electrons. The van der Waals surface area contributed by atoms with Crippen molar-refractivity contribution in [3.63, 3.8) is 0 Å². The Labute approximate surface area is 163 Å². The minimum Gasteiger partial charge on any atom is -0.481 e. The Balaban J connectivity index is 2.11. The molecule has 146 valence electrons. The van der Waals surface area contributed by atoms with Gasteiger partial charge in [0.05, 0.1) is 12.0 Å². The summed E-state index contributed by atoms with van der Waals surface area (Å²) in [6.45, 7) is 1.45. The highest BCUT2D eigenvalue weighted by molar-refractivity contribution is 6.30. The number of rotatable bonds is 9. The summed E-state index contributed by atoms with van der Waals surface area (Å²) in [4.78, 5) is 11.6. The predicted octanol–water partition coefficient (Wildman–Crippen LogP) is 4.27. The molecule has 0 saturated carbocycles. The molecule has 4 nitrogen and oxygen atoms in total. The van der Waals surface area contributed by atoms with Gasteiger partial charge in [-0.1, -0.05) is 49.2 Å². The number of carbonyl (C=O) groups is 1. The van der Waals surface area contributed by atoms with E-state index in [0.29, 0.717) is 35.4 Å². The lowest BCUT2D eigenvalue weighted by Crippen LogP contribution is -2.41. The number of aliphatic carboxylic acids is 1. The largest absolute Gasteiger partial charge is 0.481 e. The van der Waals surface area contributed by atoms with Crippen molar-refractivity contribution < 1.29 is 19.4 Å². The van der Waals surface area contributed by atoms with Crippen LogP contribution in [0.1, 0.15) is 31.7 Å². The van der Waals surface area contributed by atoms with E-state index in [4.69, 9.17) is 17.3 Å². The van der Waals surface area contributed by atoms with Crippen LogP contribution in [-0.2, 0) is 11.2 Å². The quantitative estimate of drug-likeness (QED) is 0.594. The summed E-state index contributed by atoms with van der Waals surface area (Å²) >= 11 is 5.94. The molecule has 27 heavy (non-hydrogen) atoms. The van der Waals surface area contributed by atoms with Crippen LogP contribution in [0.3, 0.4) is 0 Å². The lowest BCUT2D eigenvalue weighted by molar-refractivity contribution is -0.153. The van der Waals surface area contributed by atoms with Crippen molar-refractivity contribution in [1.82, 2.24) is 0 Å². The van der Waals surface area contributed by atoms with Gasteiger partial charge >= 0.3 is 5.97 Å². The molecule has 0 aliphatic heterocycles. The molecule has 0 aliphatic rings. The number of aliphatic hydroxyl groups is 1. The van der Waals surface area contributed by atoms with Crippen molar-refractivity contribution in [2.24, 2.45) is 11.1 Å². The molecular weight excluding hydrogens is 369 g/mol. The van der Waals surface area contributed by atoms with Gasteiger partial charge in [-0.3, -0.25) is 4.79 Å². The van der Waals surface area contributed by atoms with Gasteiger partial charge < -0.3 is 15.9 Å². The van der Waals surface area contributed by atoms with E-state index in [1.54, 1.807) is 18.2 Å². The summed E-state index contributed by atoms with van der Waals surface area (Å²) in [5.41, 5.74) is 7.01. The summed E-state index contributed by atoms with van der Waals surface area (Å²) in [5, 5.41) is 19.6. The molecule has 0 aliphatic carbocycles. The summed E-state index contributed by atoms with van der Waals surface area (Å²) < 4.78 is 14.0. The highest BCUT2D eigenvalue weighted by Crippen LogP contribution is 2.31. The first-order valence-corrected chi connectivity index (χ1v) is 9.33. The van der Waals surface area contributed by atoms with Crippen LogP contribution < -0.4 is 5.73 Å². The van der Waals surface area contributed by atoms with E-state index in [1.807, 2.05) is 19.1 Å². The van der Waals surface area contributed by atoms with Crippen LogP contribution in [0.2, 0.25) is 5.02 Å². The lowest BCUT2D eigenvalue weighted by atomic mass is 9.77. The molecular formula is C21H25ClFNO3. The van der Waals surface area contributed by atoms with Crippen LogP contribution in [0.5, 0.6) is 0 Å². The smallest absolute Gasteiger partial charge is 0.312 e. The van der Waals surface area contributed by atoms with Crippen molar-refractivity contribution in [2.75, 3.05) is 6.61 Å². The fraction of sp³-hybridized carbons (Fsp3) is 0.381. The first kappa shape index (κ1) is 21.4. The molecule has 6 heteroatoms. The number of carboxylic acid groups (broad SMARTS) is 1. The number of halogens is 2. The molecule has 2 unspecified atom stereocenters. The third-order valence-corrected chi connectivity index (χ3v) is 5.06. The van der Waals surface area contributed by atoms with Gasteiger partial charge in [-0.2, -0.15) is 0 Å². The summed E-state index contributed by atoms with van der Waals surface area (Å²) in [6, 6.07) is 11.3. The SMILES string of the molecule is CCCC(CO)(CC(N)Cc1ccc(-c2cc(Cl)ccc2F)cc1)C(=O)O. The molecule has 0 bridgehead atoms. The number of hydrogen-bond donors (Lipinski definition) is 3. The molecule has 0 saturated heterocycles. The van der Waals surface area contributed by atoms with E-state index >= 15 is 0 Å². The first-order chi connectivity index (χ1) is 12.8. The van der Waals surface area contributed by atoms with Gasteiger partial charge in [-0.05, 0) is 48.6 Å². The number of aliphatic hydroxyl groups excluding tert-OH is 1. The van der Waals surface area contributed by atoms with Crippen LogP contribution in [-0.4, -0.2) is 28.8 Å². The molecule has 0 spiro atoms. The van der Waals surface area contributed by atoms with E-state index in [-0.39, 0.29) is 12.2 Å². The predicted molar refractivity (Wildman–Crippen MR) is 105 cm³/mol. The Morgan fingerprint density at radius 1 is 1.26 bits per heavy atom. The van der Waals surface area contributed by atoms with Crippen molar-refractivity contribution in [3.8, 4) is 11.1 Å². The summed E-state index contributed by atoms with van der Waals surface area (Å²) in [6.07, 6.45) is 1.69. The zero-order chi connectivity index (χ0) is 20.0. The molecule has 0 amide bonds. The second kappa shape index (κ2) is 9.31. The van der Waals surface area contributed by atoms with Crippen LogP contribution >= 0.6 is 11.6 Å². The molecule has 0 heterocycles. The Bertz CT molecular complexity index is 781. The Hall–Kier alpha value is -1.95. The van der Waals surface area contributed by atoms with Gasteiger partial charge in [0, 0.05) is 16.6 Å². The van der Waals surface area contributed by atoms with Crippen LogP contribution in [0, 0.1) is 11.2 Å². The average molecular weight is 394 g/mol. The highest BCUT2D eigenvalue weighted by Gasteiger charge is 2.38. The van der Waals surface area contributed by atoms with Gasteiger partial charge in [0.1, 0.15) is 5.82 Å². The van der Waals surface area contributed by atoms with Gasteiger partial charge in [-0.15, -0.1) is 0 Å². The third kappa shape index (κ3) is 5.28. The number of nitrogens with two attached hydrogens (primary N) is 1. The average Bonchev–Trinajstić information content (AvgIpc) is 2.63. The Morgan fingerprint density at radius 2 is 1.93 bits per heavy atom. The van der Waals surface area contributed by atoms with Gasteiger partial charge in [0.25, 0.3) is 0 Å². The van der Waals surface area contributed by atoms with Gasteiger partial charge in [0.2, 0.25) is 0 Å². The van der Waals surface area contributed by atoms with Crippen LogP contribution in [0.25, 0.3) is 11.1 Å². The minimum absolute atomic E-state index is 0.192. The number of hydrogen-bond acceptors (Lipinski definition) is 3. The van der Waals surface area contributed by atoms with Gasteiger partial charge in [0.15, 0.2) is 0 Å². The Kier molecular flexibility index (Phi) is 7.36. The lowest BCUT2D eigenvalue weighted by Gasteiger charge is -2.29. The maximum atomic E-state index is 14.0. The van der Waals surface area contributed by atoms with Crippen molar-refractivity contribution in [3.05, 3.63) is 58.9 Å². The maximum absolute atomic E-state index is 14.0. The zero-order valence-corrected chi connectivity index (χ0v) is 16.0. The van der Waals surface area contributed by atoms with Crippen LogP contribution in [0.4, 0.5) is 4.39 Å². The fourth-order valence-electron chi connectivity index (χ4n) is 3.40. The normalized spacial score (nSPS) is 14.6. The molecule has 2 aromatic rings. The molecule has 2 rings (SSSR count). The standard InChI is InChI=1S/C21H25ClFNO3/c1-2-9-21(13-25,20(26)27)12-17(24)10-14-3-5-15(6-4-14)18-11-16(22)7-8-19(18)23/h3-8,11,17,25H,2,9-10,12-13,24H2,1H3,(H,26,27). The van der Waals surface area contributed by atoms with Crippen molar-refractivity contribution in [1.29, 1.82) is 0 Å². The van der Waals surface area contributed by atoms with E-state index in [2.05, 4.69) is 0 Å². The van der Waals surface area contributed by atoms with E-state index in [1.165, 1.54) is 12.1 Å². The van der Waals surface area contributed by atoms with E-state index < -0.39 is 24.0 Å². The first-order valence-electron chi connectivity index (χ1n) is 8.95. The summed E-state index contributed by atoms with van der Waals surface area (Å²) in [5.74, 6) is -1.37.